The highest BCUT2D eigenvalue weighted by Gasteiger charge is 2.52. The van der Waals surface area contributed by atoms with Gasteiger partial charge in [0.05, 0.1) is 0 Å². The summed E-state index contributed by atoms with van der Waals surface area (Å²) < 4.78 is 0. The average molecular weight is 206 g/mol. The first-order chi connectivity index (χ1) is 6.43. The van der Waals surface area contributed by atoms with Crippen LogP contribution in [0.4, 0.5) is 0 Å². The van der Waals surface area contributed by atoms with Crippen LogP contribution in [0.15, 0.2) is 0 Å². The van der Waals surface area contributed by atoms with Gasteiger partial charge >= 0.3 is 5.97 Å². The normalized spacial score (nSPS) is 14.1. The fourth-order valence-corrected chi connectivity index (χ4v) is 0.823. The summed E-state index contributed by atoms with van der Waals surface area (Å²) in [6.07, 6.45) is 0. The predicted molar refractivity (Wildman–Crippen MR) is 41.9 cm³/mol. The van der Waals surface area contributed by atoms with Crippen molar-refractivity contribution in [2.75, 3.05) is 13.7 Å². The lowest BCUT2D eigenvalue weighted by Crippen LogP contribution is -2.56. The van der Waals surface area contributed by atoms with Gasteiger partial charge < -0.3 is 16.2 Å². The zero-order valence-electron chi connectivity index (χ0n) is 7.31. The molecule has 0 aliphatic carbocycles. The second-order valence-electron chi connectivity index (χ2n) is 2.43. The molecule has 14 heavy (non-hydrogen) atoms. The Morgan fingerprint density at radius 3 is 2.21 bits per heavy atom. The Kier molecular flexibility index (Phi) is 3.99. The number of carboxylic acids is 1. The minimum absolute atomic E-state index is 1.04. The smallest absolute Gasteiger partial charge is 0.331 e. The van der Waals surface area contributed by atoms with Gasteiger partial charge in [-0.3, -0.25) is 19.6 Å². The lowest BCUT2D eigenvalue weighted by atomic mass is 9.87. The molecule has 0 aliphatic rings. The second kappa shape index (κ2) is 4.53. The monoisotopic (exact) mass is 206 g/mol. The third-order valence-corrected chi connectivity index (χ3v) is 1.68. The highest BCUT2D eigenvalue weighted by atomic mass is 17.1. The summed E-state index contributed by atoms with van der Waals surface area (Å²) >= 11 is 0. The minimum Gasteiger partial charge on any atom is -0.480 e. The number of carboxylic acid groups (broad SMARTS) is 1. The number of amides is 2. The summed E-state index contributed by atoms with van der Waals surface area (Å²) in [5.41, 5.74) is 2.16. The van der Waals surface area contributed by atoms with Gasteiger partial charge in [-0.1, -0.05) is 0 Å². The van der Waals surface area contributed by atoms with Crippen LogP contribution in [0, 0.1) is 5.41 Å². The molecule has 1 atom stereocenters. The van der Waals surface area contributed by atoms with Crippen LogP contribution in [-0.2, 0) is 19.3 Å². The van der Waals surface area contributed by atoms with Gasteiger partial charge in [0.1, 0.15) is 6.61 Å². The summed E-state index contributed by atoms with van der Waals surface area (Å²) in [6, 6.07) is 0. The van der Waals surface area contributed by atoms with Crippen LogP contribution in [0.2, 0.25) is 0 Å². The van der Waals surface area contributed by atoms with Crippen LogP contribution in [-0.4, -0.2) is 41.8 Å². The Morgan fingerprint density at radius 2 is 2.00 bits per heavy atom. The van der Waals surface area contributed by atoms with Crippen molar-refractivity contribution in [2.45, 2.75) is 0 Å². The Labute approximate surface area is 78.6 Å². The summed E-state index contributed by atoms with van der Waals surface area (Å²) in [5, 5.41) is 18.7. The average Bonchev–Trinajstić information content (AvgIpc) is 2.11. The van der Waals surface area contributed by atoms with Crippen molar-refractivity contribution in [3.8, 4) is 0 Å². The molecule has 0 fully saturated rings. The van der Waals surface area contributed by atoms with E-state index in [9.17, 15) is 14.4 Å². The molecule has 0 aliphatic heterocycles. The number of carbonyl (C=O) groups is 3. The molecule has 8 heteroatoms. The topological polar surface area (TPSA) is 139 Å². The van der Waals surface area contributed by atoms with E-state index in [0.717, 1.165) is 7.05 Å². The molecule has 0 radical (unpaired) electrons. The fraction of sp³-hybridized carbons (Fsp3) is 0.500. The molecule has 0 bridgehead atoms. The summed E-state index contributed by atoms with van der Waals surface area (Å²) in [4.78, 5) is 36.2. The summed E-state index contributed by atoms with van der Waals surface area (Å²) in [7, 11) is 1.13. The lowest BCUT2D eigenvalue weighted by molar-refractivity contribution is -0.258. The van der Waals surface area contributed by atoms with Crippen LogP contribution < -0.4 is 11.1 Å². The van der Waals surface area contributed by atoms with Gasteiger partial charge in [0, 0.05) is 7.05 Å². The Hall–Kier alpha value is -1.67. The van der Waals surface area contributed by atoms with E-state index in [1.54, 1.807) is 0 Å². The quantitative estimate of drug-likeness (QED) is 0.228. The number of hydrogen-bond donors (Lipinski definition) is 4. The first-order valence-electron chi connectivity index (χ1n) is 3.45. The molecule has 0 aromatic heterocycles. The van der Waals surface area contributed by atoms with E-state index < -0.39 is 29.8 Å². The summed E-state index contributed by atoms with van der Waals surface area (Å²) in [5.74, 6) is -4.37. The van der Waals surface area contributed by atoms with Crippen molar-refractivity contribution in [1.29, 1.82) is 0 Å². The maximum absolute atomic E-state index is 11.1. The Morgan fingerprint density at radius 1 is 1.50 bits per heavy atom. The number of carbonyl (C=O) groups excluding carboxylic acids is 2. The molecule has 2 amide bonds. The van der Waals surface area contributed by atoms with Gasteiger partial charge in [-0.15, -0.1) is 0 Å². The zero-order valence-corrected chi connectivity index (χ0v) is 7.31. The van der Waals surface area contributed by atoms with Crippen LogP contribution in [0.3, 0.4) is 0 Å². The van der Waals surface area contributed by atoms with E-state index in [1.807, 2.05) is 5.32 Å². The third-order valence-electron chi connectivity index (χ3n) is 1.68. The van der Waals surface area contributed by atoms with Crippen molar-refractivity contribution in [1.82, 2.24) is 5.32 Å². The van der Waals surface area contributed by atoms with Crippen molar-refractivity contribution >= 4 is 17.8 Å². The van der Waals surface area contributed by atoms with E-state index >= 15 is 0 Å². The highest BCUT2D eigenvalue weighted by Crippen LogP contribution is 2.17. The van der Waals surface area contributed by atoms with E-state index in [1.165, 1.54) is 0 Å². The standard InChI is InChI=1S/C6H10N2O6/c1-8-4(10)6(2-14-13,3(7)9)5(11)12/h13H,2H2,1H3,(H2,7,9)(H,8,10)(H,11,12). The number of primary amides is 1. The van der Waals surface area contributed by atoms with E-state index in [4.69, 9.17) is 16.1 Å². The zero-order chi connectivity index (χ0) is 11.4. The number of nitrogens with two attached hydrogens (primary N) is 1. The fourth-order valence-electron chi connectivity index (χ4n) is 0.823. The largest absolute Gasteiger partial charge is 0.480 e. The maximum atomic E-state index is 11.1. The number of aliphatic carboxylic acids is 1. The number of hydrogen-bond acceptors (Lipinski definition) is 5. The molecular formula is C6H10N2O6. The van der Waals surface area contributed by atoms with Crippen LogP contribution in [0.25, 0.3) is 0 Å². The molecule has 0 rings (SSSR count). The molecule has 0 heterocycles. The SMILES string of the molecule is CNC(=O)C(COO)(C(N)=O)C(=O)O. The van der Waals surface area contributed by atoms with Gasteiger partial charge in [-0.25, -0.2) is 4.89 Å². The molecule has 5 N–H and O–H groups in total. The Balaban J connectivity index is 5.26. The van der Waals surface area contributed by atoms with Gasteiger partial charge in [0.25, 0.3) is 0 Å². The molecule has 0 saturated heterocycles. The molecular weight excluding hydrogens is 196 g/mol. The first kappa shape index (κ1) is 12.3. The van der Waals surface area contributed by atoms with Crippen LogP contribution >= 0.6 is 0 Å². The molecule has 0 spiro atoms. The first-order valence-corrected chi connectivity index (χ1v) is 3.45. The number of nitrogens with one attached hydrogen (secondary N) is 1. The van der Waals surface area contributed by atoms with Crippen molar-refractivity contribution < 1.29 is 29.6 Å². The Bertz CT molecular complexity index is 249. The molecule has 0 saturated carbocycles. The lowest BCUT2D eigenvalue weighted by Gasteiger charge is -2.21. The molecule has 0 aromatic carbocycles. The molecule has 8 nitrogen and oxygen atoms in total. The maximum Gasteiger partial charge on any atom is 0.331 e. The van der Waals surface area contributed by atoms with Crippen molar-refractivity contribution in [2.24, 2.45) is 11.1 Å². The molecule has 80 valence electrons. The highest BCUT2D eigenvalue weighted by molar-refractivity contribution is 6.20. The van der Waals surface area contributed by atoms with Gasteiger partial charge in [-0.2, -0.15) is 0 Å². The summed E-state index contributed by atoms with van der Waals surface area (Å²) in [6.45, 7) is -1.04. The van der Waals surface area contributed by atoms with Crippen LogP contribution in [0.1, 0.15) is 0 Å². The minimum atomic E-state index is -2.61. The van der Waals surface area contributed by atoms with Crippen molar-refractivity contribution in [3.63, 3.8) is 0 Å². The van der Waals surface area contributed by atoms with E-state index in [-0.39, 0.29) is 0 Å². The second-order valence-corrected chi connectivity index (χ2v) is 2.43. The van der Waals surface area contributed by atoms with Gasteiger partial charge in [0.2, 0.25) is 17.2 Å². The third kappa shape index (κ3) is 1.80. The van der Waals surface area contributed by atoms with Crippen molar-refractivity contribution in [3.05, 3.63) is 0 Å². The van der Waals surface area contributed by atoms with Crippen LogP contribution in [0.5, 0.6) is 0 Å². The molecule has 0 aromatic rings. The predicted octanol–water partition coefficient (Wildman–Crippen LogP) is -2.22. The van der Waals surface area contributed by atoms with E-state index in [0.29, 0.717) is 0 Å². The number of rotatable bonds is 5. The van der Waals surface area contributed by atoms with Gasteiger partial charge in [-0.05, 0) is 0 Å². The van der Waals surface area contributed by atoms with E-state index in [2.05, 4.69) is 4.89 Å². The van der Waals surface area contributed by atoms with Gasteiger partial charge in [0.15, 0.2) is 0 Å². The molecule has 1 unspecified atom stereocenters.